The van der Waals surface area contributed by atoms with Crippen molar-refractivity contribution in [2.75, 3.05) is 7.11 Å². The van der Waals surface area contributed by atoms with Crippen LogP contribution < -0.4 is 4.74 Å². The fourth-order valence-corrected chi connectivity index (χ4v) is 1.97. The zero-order valence-electron chi connectivity index (χ0n) is 8.26. The summed E-state index contributed by atoms with van der Waals surface area (Å²) < 4.78 is 5.07. The van der Waals surface area contributed by atoms with E-state index in [1.165, 1.54) is 24.2 Å². The Morgan fingerprint density at radius 1 is 1.62 bits per heavy atom. The molecule has 1 aliphatic carbocycles. The first-order valence-electron chi connectivity index (χ1n) is 4.95. The van der Waals surface area contributed by atoms with Gasteiger partial charge >= 0.3 is 0 Å². The van der Waals surface area contributed by atoms with Gasteiger partial charge in [-0.3, -0.25) is 0 Å². The number of nitrogens with one attached hydrogen (secondary N) is 1. The van der Waals surface area contributed by atoms with Crippen molar-refractivity contribution in [3.8, 4) is 6.01 Å². The van der Waals surface area contributed by atoms with Gasteiger partial charge < -0.3 is 9.72 Å². The van der Waals surface area contributed by atoms with E-state index in [0.29, 0.717) is 6.01 Å². The summed E-state index contributed by atoms with van der Waals surface area (Å²) in [5.41, 5.74) is 2.50. The number of hydrogen-bond acceptors (Lipinski definition) is 2. The molecule has 0 amide bonds. The molecule has 0 radical (unpaired) electrons. The van der Waals surface area contributed by atoms with Crippen molar-refractivity contribution in [2.24, 2.45) is 5.92 Å². The molecule has 1 aromatic rings. The maximum atomic E-state index is 5.07. The van der Waals surface area contributed by atoms with Gasteiger partial charge in [0.25, 0.3) is 6.01 Å². The van der Waals surface area contributed by atoms with Crippen LogP contribution in [0.3, 0.4) is 0 Å². The lowest BCUT2D eigenvalue weighted by molar-refractivity contribution is 0.383. The molecule has 1 aliphatic rings. The van der Waals surface area contributed by atoms with Crippen LogP contribution in [0.2, 0.25) is 0 Å². The number of H-pyrrole nitrogens is 1. The SMILES string of the molecule is CCC1CCc2nc(OC)[nH]c2C1. The normalized spacial score (nSPS) is 21.2. The Labute approximate surface area is 78.5 Å². The molecule has 1 unspecified atom stereocenters. The van der Waals surface area contributed by atoms with Crippen LogP contribution in [0.4, 0.5) is 0 Å². The number of methoxy groups -OCH3 is 1. The number of hydrogen-bond donors (Lipinski definition) is 1. The summed E-state index contributed by atoms with van der Waals surface area (Å²) in [6, 6.07) is 0.668. The molecular formula is C10H16N2O. The highest BCUT2D eigenvalue weighted by atomic mass is 16.5. The van der Waals surface area contributed by atoms with Crippen molar-refractivity contribution >= 4 is 0 Å². The molecule has 1 atom stereocenters. The van der Waals surface area contributed by atoms with Gasteiger partial charge in [-0.25, -0.2) is 4.98 Å². The highest BCUT2D eigenvalue weighted by Gasteiger charge is 2.20. The van der Waals surface area contributed by atoms with E-state index >= 15 is 0 Å². The van der Waals surface area contributed by atoms with Crippen molar-refractivity contribution in [3.05, 3.63) is 11.4 Å². The number of ether oxygens (including phenoxy) is 1. The zero-order chi connectivity index (χ0) is 9.26. The molecule has 3 nitrogen and oxygen atoms in total. The first-order chi connectivity index (χ1) is 6.33. The summed E-state index contributed by atoms with van der Waals surface area (Å²) >= 11 is 0. The third-order valence-electron chi connectivity index (χ3n) is 2.90. The zero-order valence-corrected chi connectivity index (χ0v) is 8.26. The van der Waals surface area contributed by atoms with Crippen molar-refractivity contribution in [1.29, 1.82) is 0 Å². The van der Waals surface area contributed by atoms with Crippen LogP contribution in [0.15, 0.2) is 0 Å². The number of aromatic nitrogens is 2. The Morgan fingerprint density at radius 3 is 3.15 bits per heavy atom. The lowest BCUT2D eigenvalue weighted by Crippen LogP contribution is -2.12. The second kappa shape index (κ2) is 3.40. The average molecular weight is 180 g/mol. The summed E-state index contributed by atoms with van der Waals surface area (Å²) in [4.78, 5) is 7.57. The number of aryl methyl sites for hydroxylation is 1. The molecule has 1 aromatic heterocycles. The number of fused-ring (bicyclic) bond motifs is 1. The first kappa shape index (κ1) is 8.60. The van der Waals surface area contributed by atoms with Crippen LogP contribution in [0.5, 0.6) is 6.01 Å². The van der Waals surface area contributed by atoms with Crippen molar-refractivity contribution in [3.63, 3.8) is 0 Å². The highest BCUT2D eigenvalue weighted by molar-refractivity contribution is 5.20. The third kappa shape index (κ3) is 1.55. The Bertz CT molecular complexity index is 293. The molecule has 1 heterocycles. The maximum absolute atomic E-state index is 5.07. The fraction of sp³-hybridized carbons (Fsp3) is 0.700. The molecule has 0 fully saturated rings. The molecule has 1 N–H and O–H groups in total. The van der Waals surface area contributed by atoms with Crippen molar-refractivity contribution in [1.82, 2.24) is 9.97 Å². The van der Waals surface area contributed by atoms with E-state index in [1.807, 2.05) is 0 Å². The number of nitrogens with zero attached hydrogens (tertiary/aromatic N) is 1. The predicted molar refractivity (Wildman–Crippen MR) is 50.9 cm³/mol. The Kier molecular flexibility index (Phi) is 2.25. The molecule has 0 aliphatic heterocycles. The molecule has 2 rings (SSSR count). The minimum Gasteiger partial charge on any atom is -0.468 e. The molecule has 3 heteroatoms. The number of imidazole rings is 1. The first-order valence-corrected chi connectivity index (χ1v) is 4.95. The second-order valence-electron chi connectivity index (χ2n) is 3.69. The summed E-state index contributed by atoms with van der Waals surface area (Å²) in [6.07, 6.45) is 4.79. The van der Waals surface area contributed by atoms with Gasteiger partial charge in [-0.2, -0.15) is 0 Å². The van der Waals surface area contributed by atoms with E-state index in [0.717, 1.165) is 18.8 Å². The molecule has 0 spiro atoms. The maximum Gasteiger partial charge on any atom is 0.293 e. The monoisotopic (exact) mass is 180 g/mol. The van der Waals surface area contributed by atoms with Crippen molar-refractivity contribution < 1.29 is 4.74 Å². The minimum atomic E-state index is 0.668. The summed E-state index contributed by atoms with van der Waals surface area (Å²) in [6.45, 7) is 2.25. The van der Waals surface area contributed by atoms with Gasteiger partial charge in [-0.15, -0.1) is 0 Å². The molecule has 0 saturated heterocycles. The molecule has 72 valence electrons. The van der Waals surface area contributed by atoms with E-state index in [-0.39, 0.29) is 0 Å². The van der Waals surface area contributed by atoms with Gasteiger partial charge in [0.05, 0.1) is 12.8 Å². The number of rotatable bonds is 2. The van der Waals surface area contributed by atoms with Gasteiger partial charge in [0.15, 0.2) is 0 Å². The summed E-state index contributed by atoms with van der Waals surface area (Å²) in [5, 5.41) is 0. The predicted octanol–water partition coefficient (Wildman–Crippen LogP) is 1.93. The Hall–Kier alpha value is -0.990. The molecule has 13 heavy (non-hydrogen) atoms. The average Bonchev–Trinajstić information content (AvgIpc) is 2.58. The van der Waals surface area contributed by atoms with E-state index in [9.17, 15) is 0 Å². The van der Waals surface area contributed by atoms with Gasteiger partial charge in [-0.1, -0.05) is 13.3 Å². The van der Waals surface area contributed by atoms with E-state index < -0.39 is 0 Å². The summed E-state index contributed by atoms with van der Waals surface area (Å²) in [5.74, 6) is 0.831. The van der Waals surface area contributed by atoms with E-state index in [4.69, 9.17) is 4.74 Å². The minimum absolute atomic E-state index is 0.668. The van der Waals surface area contributed by atoms with Crippen LogP contribution in [0, 0.1) is 5.92 Å². The van der Waals surface area contributed by atoms with Crippen LogP contribution >= 0.6 is 0 Å². The van der Waals surface area contributed by atoms with Gasteiger partial charge in [-0.05, 0) is 25.2 Å². The highest BCUT2D eigenvalue weighted by Crippen LogP contribution is 2.27. The largest absolute Gasteiger partial charge is 0.468 e. The van der Waals surface area contributed by atoms with Gasteiger partial charge in [0.2, 0.25) is 0 Å². The van der Waals surface area contributed by atoms with Crippen molar-refractivity contribution in [2.45, 2.75) is 32.6 Å². The Balaban J connectivity index is 2.19. The van der Waals surface area contributed by atoms with Crippen LogP contribution in [-0.4, -0.2) is 17.1 Å². The van der Waals surface area contributed by atoms with E-state index in [1.54, 1.807) is 7.11 Å². The molecule has 0 bridgehead atoms. The number of aromatic amines is 1. The van der Waals surface area contributed by atoms with Crippen LogP contribution in [-0.2, 0) is 12.8 Å². The second-order valence-corrected chi connectivity index (χ2v) is 3.69. The summed E-state index contributed by atoms with van der Waals surface area (Å²) in [7, 11) is 1.65. The van der Waals surface area contributed by atoms with Gasteiger partial charge in [0.1, 0.15) is 0 Å². The molecule has 0 saturated carbocycles. The standard InChI is InChI=1S/C10H16N2O/c1-3-7-4-5-8-9(6-7)12-10(11-8)13-2/h7H,3-6H2,1-2H3,(H,11,12). The quantitative estimate of drug-likeness (QED) is 0.755. The topological polar surface area (TPSA) is 37.9 Å². The molecule has 0 aromatic carbocycles. The fourth-order valence-electron chi connectivity index (χ4n) is 1.97. The lowest BCUT2D eigenvalue weighted by atomic mass is 9.88. The smallest absolute Gasteiger partial charge is 0.293 e. The lowest BCUT2D eigenvalue weighted by Gasteiger charge is -2.18. The van der Waals surface area contributed by atoms with Crippen LogP contribution in [0.25, 0.3) is 0 Å². The Morgan fingerprint density at radius 2 is 2.46 bits per heavy atom. The third-order valence-corrected chi connectivity index (χ3v) is 2.90. The van der Waals surface area contributed by atoms with E-state index in [2.05, 4.69) is 16.9 Å². The van der Waals surface area contributed by atoms with Crippen LogP contribution in [0.1, 0.15) is 31.2 Å². The molecular weight excluding hydrogens is 164 g/mol. The van der Waals surface area contributed by atoms with Gasteiger partial charge in [0, 0.05) is 5.69 Å².